The van der Waals surface area contributed by atoms with E-state index in [1.54, 1.807) is 11.3 Å². The number of nitrogens with zero attached hydrogens (tertiary/aromatic N) is 3. The number of aromatic nitrogens is 3. The SMILES string of the molecule is Cc1c2c(nn1-c1nccs1)CCCC2. The van der Waals surface area contributed by atoms with Crippen molar-refractivity contribution in [3.8, 4) is 5.13 Å². The molecule has 0 radical (unpaired) electrons. The van der Waals surface area contributed by atoms with Gasteiger partial charge in [-0.15, -0.1) is 11.3 Å². The van der Waals surface area contributed by atoms with E-state index in [0.29, 0.717) is 0 Å². The Morgan fingerprint density at radius 2 is 2.20 bits per heavy atom. The van der Waals surface area contributed by atoms with E-state index in [2.05, 4.69) is 17.0 Å². The van der Waals surface area contributed by atoms with Crippen LogP contribution in [-0.4, -0.2) is 14.8 Å². The molecule has 78 valence electrons. The normalized spacial score (nSPS) is 15.3. The van der Waals surface area contributed by atoms with Crippen molar-refractivity contribution in [1.82, 2.24) is 14.8 Å². The van der Waals surface area contributed by atoms with E-state index in [1.165, 1.54) is 36.2 Å². The molecule has 3 nitrogen and oxygen atoms in total. The lowest BCUT2D eigenvalue weighted by atomic mass is 9.96. The van der Waals surface area contributed by atoms with Crippen LogP contribution in [0.5, 0.6) is 0 Å². The van der Waals surface area contributed by atoms with E-state index in [0.717, 1.165) is 11.6 Å². The van der Waals surface area contributed by atoms with E-state index in [1.807, 2.05) is 16.3 Å². The first-order valence-corrected chi connectivity index (χ1v) is 6.21. The molecule has 1 aliphatic carbocycles. The minimum Gasteiger partial charge on any atom is -0.227 e. The van der Waals surface area contributed by atoms with Crippen LogP contribution in [0.1, 0.15) is 29.8 Å². The molecule has 0 aromatic carbocycles. The van der Waals surface area contributed by atoms with Crippen molar-refractivity contribution in [1.29, 1.82) is 0 Å². The van der Waals surface area contributed by atoms with Gasteiger partial charge in [-0.25, -0.2) is 9.67 Å². The third kappa shape index (κ3) is 1.40. The third-order valence-electron chi connectivity index (χ3n) is 3.01. The summed E-state index contributed by atoms with van der Waals surface area (Å²) in [6, 6.07) is 0. The highest BCUT2D eigenvalue weighted by molar-refractivity contribution is 7.12. The van der Waals surface area contributed by atoms with E-state index in [9.17, 15) is 0 Å². The zero-order valence-corrected chi connectivity index (χ0v) is 9.55. The van der Waals surface area contributed by atoms with Crippen LogP contribution in [0.4, 0.5) is 0 Å². The Labute approximate surface area is 92.8 Å². The monoisotopic (exact) mass is 219 g/mol. The van der Waals surface area contributed by atoms with Crippen molar-refractivity contribution in [2.45, 2.75) is 32.6 Å². The van der Waals surface area contributed by atoms with Gasteiger partial charge < -0.3 is 0 Å². The van der Waals surface area contributed by atoms with Gasteiger partial charge in [0.05, 0.1) is 5.69 Å². The summed E-state index contributed by atoms with van der Waals surface area (Å²) in [7, 11) is 0. The molecule has 0 saturated carbocycles. The maximum atomic E-state index is 4.66. The quantitative estimate of drug-likeness (QED) is 0.738. The number of hydrogen-bond acceptors (Lipinski definition) is 3. The highest BCUT2D eigenvalue weighted by atomic mass is 32.1. The molecule has 0 fully saturated rings. The lowest BCUT2D eigenvalue weighted by Crippen LogP contribution is -2.00. The van der Waals surface area contributed by atoms with Gasteiger partial charge in [0.1, 0.15) is 0 Å². The van der Waals surface area contributed by atoms with Gasteiger partial charge in [-0.2, -0.15) is 5.10 Å². The summed E-state index contributed by atoms with van der Waals surface area (Å²) in [5.41, 5.74) is 4.02. The molecule has 0 unspecified atom stereocenters. The molecule has 15 heavy (non-hydrogen) atoms. The largest absolute Gasteiger partial charge is 0.227 e. The summed E-state index contributed by atoms with van der Waals surface area (Å²) in [6.07, 6.45) is 6.74. The van der Waals surface area contributed by atoms with Crippen LogP contribution in [0.15, 0.2) is 11.6 Å². The van der Waals surface area contributed by atoms with Crippen LogP contribution in [0, 0.1) is 6.92 Å². The zero-order valence-electron chi connectivity index (χ0n) is 8.73. The first kappa shape index (κ1) is 9.09. The molecule has 2 aromatic heterocycles. The summed E-state index contributed by atoms with van der Waals surface area (Å²) in [4.78, 5) is 4.31. The van der Waals surface area contributed by atoms with Gasteiger partial charge in [-0.05, 0) is 38.2 Å². The highest BCUT2D eigenvalue weighted by Gasteiger charge is 2.19. The van der Waals surface area contributed by atoms with Crippen molar-refractivity contribution < 1.29 is 0 Å². The number of rotatable bonds is 1. The van der Waals surface area contributed by atoms with E-state index >= 15 is 0 Å². The van der Waals surface area contributed by atoms with Gasteiger partial charge in [0.15, 0.2) is 0 Å². The van der Waals surface area contributed by atoms with Gasteiger partial charge in [-0.1, -0.05) is 0 Å². The maximum absolute atomic E-state index is 4.66. The number of fused-ring (bicyclic) bond motifs is 1. The molecule has 0 saturated heterocycles. The molecular weight excluding hydrogens is 206 g/mol. The highest BCUT2D eigenvalue weighted by Crippen LogP contribution is 2.25. The molecule has 3 rings (SSSR count). The topological polar surface area (TPSA) is 30.7 Å². The smallest absolute Gasteiger partial charge is 0.210 e. The molecule has 0 atom stereocenters. The minimum atomic E-state index is 0.988. The Bertz CT molecular complexity index is 470. The zero-order chi connectivity index (χ0) is 10.3. The maximum Gasteiger partial charge on any atom is 0.210 e. The van der Waals surface area contributed by atoms with Gasteiger partial charge >= 0.3 is 0 Å². The fourth-order valence-electron chi connectivity index (χ4n) is 2.22. The lowest BCUT2D eigenvalue weighted by molar-refractivity contribution is 0.670. The minimum absolute atomic E-state index is 0.988. The van der Waals surface area contributed by atoms with Crippen molar-refractivity contribution in [2.75, 3.05) is 0 Å². The summed E-state index contributed by atoms with van der Waals surface area (Å²) in [5, 5.41) is 7.64. The fraction of sp³-hybridized carbons (Fsp3) is 0.455. The molecule has 2 heterocycles. The second kappa shape index (κ2) is 3.45. The molecule has 0 N–H and O–H groups in total. The molecule has 0 spiro atoms. The van der Waals surface area contributed by atoms with E-state index < -0.39 is 0 Å². The van der Waals surface area contributed by atoms with Crippen LogP contribution in [-0.2, 0) is 12.8 Å². The first-order valence-electron chi connectivity index (χ1n) is 5.33. The molecule has 0 aliphatic heterocycles. The average molecular weight is 219 g/mol. The molecule has 2 aromatic rings. The van der Waals surface area contributed by atoms with Crippen LogP contribution in [0.25, 0.3) is 5.13 Å². The number of aryl methyl sites for hydroxylation is 1. The van der Waals surface area contributed by atoms with E-state index in [4.69, 9.17) is 0 Å². The van der Waals surface area contributed by atoms with Crippen LogP contribution in [0.2, 0.25) is 0 Å². The summed E-state index contributed by atoms with van der Waals surface area (Å²) in [6.45, 7) is 2.15. The summed E-state index contributed by atoms with van der Waals surface area (Å²) in [5.74, 6) is 0. The second-order valence-electron chi connectivity index (χ2n) is 3.94. The predicted octanol–water partition coefficient (Wildman–Crippen LogP) is 2.52. The van der Waals surface area contributed by atoms with Crippen LogP contribution < -0.4 is 0 Å². The standard InChI is InChI=1S/C11H13N3S/c1-8-9-4-2-3-5-10(9)13-14(8)11-12-6-7-15-11/h6-7H,2-5H2,1H3. The first-order chi connectivity index (χ1) is 7.36. The molecular formula is C11H13N3S. The van der Waals surface area contributed by atoms with Gasteiger partial charge in [0.2, 0.25) is 5.13 Å². The predicted molar refractivity (Wildman–Crippen MR) is 60.6 cm³/mol. The number of thiazole rings is 1. The average Bonchev–Trinajstić information content (AvgIpc) is 2.87. The Hall–Kier alpha value is -1.16. The van der Waals surface area contributed by atoms with E-state index in [-0.39, 0.29) is 0 Å². The Morgan fingerprint density at radius 3 is 2.93 bits per heavy atom. The van der Waals surface area contributed by atoms with Gasteiger partial charge in [0.25, 0.3) is 0 Å². The van der Waals surface area contributed by atoms with Gasteiger partial charge in [-0.3, -0.25) is 0 Å². The molecule has 1 aliphatic rings. The summed E-state index contributed by atoms with van der Waals surface area (Å²) >= 11 is 1.64. The van der Waals surface area contributed by atoms with Crippen molar-refractivity contribution in [3.63, 3.8) is 0 Å². The molecule has 4 heteroatoms. The lowest BCUT2D eigenvalue weighted by Gasteiger charge is -2.08. The molecule has 0 bridgehead atoms. The Morgan fingerprint density at radius 1 is 1.33 bits per heavy atom. The van der Waals surface area contributed by atoms with Crippen molar-refractivity contribution in [3.05, 3.63) is 28.5 Å². The number of hydrogen-bond donors (Lipinski definition) is 0. The van der Waals surface area contributed by atoms with Crippen molar-refractivity contribution in [2.24, 2.45) is 0 Å². The van der Waals surface area contributed by atoms with Crippen molar-refractivity contribution >= 4 is 11.3 Å². The van der Waals surface area contributed by atoms with Crippen LogP contribution >= 0.6 is 11.3 Å². The molecule has 0 amide bonds. The second-order valence-corrected chi connectivity index (χ2v) is 4.82. The van der Waals surface area contributed by atoms with Gasteiger partial charge in [0, 0.05) is 17.3 Å². The Kier molecular flexibility index (Phi) is 2.09. The third-order valence-corrected chi connectivity index (χ3v) is 3.76. The fourth-order valence-corrected chi connectivity index (χ4v) is 2.86. The van der Waals surface area contributed by atoms with Crippen LogP contribution in [0.3, 0.4) is 0 Å². The Balaban J connectivity index is 2.13. The summed E-state index contributed by atoms with van der Waals surface area (Å²) < 4.78 is 2.00.